The molecule has 1 aromatic rings. The Morgan fingerprint density at radius 3 is 2.82 bits per heavy atom. The van der Waals surface area contributed by atoms with E-state index in [-0.39, 0.29) is 11.3 Å². The zero-order valence-corrected chi connectivity index (χ0v) is 11.3. The summed E-state index contributed by atoms with van der Waals surface area (Å²) in [5.41, 5.74) is 0. The van der Waals surface area contributed by atoms with Gasteiger partial charge in [-0.15, -0.1) is 0 Å². The zero-order chi connectivity index (χ0) is 12.3. The highest BCUT2D eigenvalue weighted by atomic mass is 35.5. The van der Waals surface area contributed by atoms with E-state index in [0.29, 0.717) is 10.8 Å². The lowest BCUT2D eigenvalue weighted by Gasteiger charge is -2.21. The Labute approximate surface area is 111 Å². The van der Waals surface area contributed by atoms with Crippen LogP contribution in [0, 0.1) is 0 Å². The van der Waals surface area contributed by atoms with Crippen molar-refractivity contribution >= 4 is 29.0 Å². The number of halogens is 2. The van der Waals surface area contributed by atoms with E-state index in [1.807, 2.05) is 0 Å². The molecule has 1 N–H and O–H groups in total. The van der Waals surface area contributed by atoms with Gasteiger partial charge in [-0.25, -0.2) is 4.98 Å². The second kappa shape index (κ2) is 5.85. The Bertz CT molecular complexity index is 380. The van der Waals surface area contributed by atoms with E-state index in [2.05, 4.69) is 27.1 Å². The van der Waals surface area contributed by atoms with Crippen molar-refractivity contribution in [1.29, 1.82) is 0 Å². The van der Waals surface area contributed by atoms with Crippen LogP contribution in [0.25, 0.3) is 0 Å². The van der Waals surface area contributed by atoms with E-state index in [4.69, 9.17) is 23.2 Å². The first kappa shape index (κ1) is 12.9. The standard InChI is InChI=1S/C11H16Cl2N4/c1-8(7-17-4-2-3-5-17)15-10-9(12)6-14-11(13)16-10/h6,8H,2-5,7H2,1H3,(H,14,15,16). The van der Waals surface area contributed by atoms with Crippen molar-refractivity contribution in [2.75, 3.05) is 25.0 Å². The molecule has 94 valence electrons. The summed E-state index contributed by atoms with van der Waals surface area (Å²) in [4.78, 5) is 10.3. The number of hydrogen-bond acceptors (Lipinski definition) is 4. The molecule has 2 heterocycles. The van der Waals surface area contributed by atoms with Crippen LogP contribution in [0.2, 0.25) is 10.3 Å². The van der Waals surface area contributed by atoms with Crippen LogP contribution >= 0.6 is 23.2 Å². The number of rotatable bonds is 4. The molecule has 0 aromatic carbocycles. The van der Waals surface area contributed by atoms with Gasteiger partial charge in [0.05, 0.1) is 6.20 Å². The second-order valence-electron chi connectivity index (χ2n) is 4.39. The van der Waals surface area contributed by atoms with Gasteiger partial charge in [0.25, 0.3) is 0 Å². The SMILES string of the molecule is CC(CN1CCCC1)Nc1nc(Cl)ncc1Cl. The Morgan fingerprint density at radius 2 is 2.12 bits per heavy atom. The number of hydrogen-bond donors (Lipinski definition) is 1. The van der Waals surface area contributed by atoms with E-state index in [0.717, 1.165) is 6.54 Å². The molecule has 1 unspecified atom stereocenters. The maximum atomic E-state index is 6.00. The lowest BCUT2D eigenvalue weighted by molar-refractivity contribution is 0.327. The van der Waals surface area contributed by atoms with E-state index < -0.39 is 0 Å². The summed E-state index contributed by atoms with van der Waals surface area (Å²) < 4.78 is 0. The summed E-state index contributed by atoms with van der Waals surface area (Å²) in [5.74, 6) is 0.610. The first-order valence-corrected chi connectivity index (χ1v) is 6.57. The number of likely N-dealkylation sites (tertiary alicyclic amines) is 1. The van der Waals surface area contributed by atoms with Crippen LogP contribution in [0.4, 0.5) is 5.82 Å². The lowest BCUT2D eigenvalue weighted by atomic mass is 10.3. The smallest absolute Gasteiger partial charge is 0.224 e. The first-order chi connectivity index (χ1) is 8.15. The van der Waals surface area contributed by atoms with Crippen molar-refractivity contribution in [3.63, 3.8) is 0 Å². The third kappa shape index (κ3) is 3.69. The lowest BCUT2D eigenvalue weighted by Crippen LogP contribution is -2.33. The maximum Gasteiger partial charge on any atom is 0.224 e. The van der Waals surface area contributed by atoms with Gasteiger partial charge in [-0.2, -0.15) is 4.98 Å². The molecule has 2 rings (SSSR count). The molecule has 1 saturated heterocycles. The topological polar surface area (TPSA) is 41.0 Å². The number of nitrogens with zero attached hydrogens (tertiary/aromatic N) is 3. The average Bonchev–Trinajstić information content (AvgIpc) is 2.76. The molecule has 0 saturated carbocycles. The fraction of sp³-hybridized carbons (Fsp3) is 0.636. The normalized spacial score (nSPS) is 18.3. The van der Waals surface area contributed by atoms with Gasteiger partial charge in [0.1, 0.15) is 10.8 Å². The van der Waals surface area contributed by atoms with Gasteiger partial charge >= 0.3 is 0 Å². The van der Waals surface area contributed by atoms with Crippen molar-refractivity contribution in [3.8, 4) is 0 Å². The average molecular weight is 275 g/mol. The highest BCUT2D eigenvalue weighted by Crippen LogP contribution is 2.20. The molecule has 1 aliphatic heterocycles. The van der Waals surface area contributed by atoms with Gasteiger partial charge < -0.3 is 10.2 Å². The van der Waals surface area contributed by atoms with Crippen LogP contribution in [0.3, 0.4) is 0 Å². The van der Waals surface area contributed by atoms with E-state index in [9.17, 15) is 0 Å². The third-order valence-electron chi connectivity index (χ3n) is 2.83. The summed E-state index contributed by atoms with van der Waals surface area (Å²) in [6.07, 6.45) is 4.11. The zero-order valence-electron chi connectivity index (χ0n) is 9.79. The first-order valence-electron chi connectivity index (χ1n) is 5.82. The quantitative estimate of drug-likeness (QED) is 0.858. The number of aromatic nitrogens is 2. The molecular formula is C11H16Cl2N4. The molecule has 0 aliphatic carbocycles. The van der Waals surface area contributed by atoms with Crippen LogP contribution in [-0.2, 0) is 0 Å². The van der Waals surface area contributed by atoms with E-state index in [1.54, 1.807) is 0 Å². The molecule has 0 radical (unpaired) electrons. The molecule has 1 aliphatic rings. The maximum absolute atomic E-state index is 6.00. The van der Waals surface area contributed by atoms with E-state index >= 15 is 0 Å². The van der Waals surface area contributed by atoms with Crippen molar-refractivity contribution in [1.82, 2.24) is 14.9 Å². The predicted molar refractivity (Wildman–Crippen MR) is 70.8 cm³/mol. The van der Waals surface area contributed by atoms with Crippen molar-refractivity contribution < 1.29 is 0 Å². The molecular weight excluding hydrogens is 259 g/mol. The molecule has 0 bridgehead atoms. The highest BCUT2D eigenvalue weighted by Gasteiger charge is 2.15. The van der Waals surface area contributed by atoms with Gasteiger partial charge in [-0.3, -0.25) is 0 Å². The number of anilines is 1. The van der Waals surface area contributed by atoms with Gasteiger partial charge in [-0.05, 0) is 44.5 Å². The van der Waals surface area contributed by atoms with Crippen molar-refractivity contribution in [3.05, 3.63) is 16.5 Å². The molecule has 6 heteroatoms. The largest absolute Gasteiger partial charge is 0.365 e. The van der Waals surface area contributed by atoms with Crippen LogP contribution in [0.5, 0.6) is 0 Å². The monoisotopic (exact) mass is 274 g/mol. The molecule has 1 fully saturated rings. The minimum atomic E-state index is 0.213. The van der Waals surface area contributed by atoms with Crippen molar-refractivity contribution in [2.24, 2.45) is 0 Å². The highest BCUT2D eigenvalue weighted by molar-refractivity contribution is 6.33. The van der Waals surface area contributed by atoms with E-state index in [1.165, 1.54) is 32.1 Å². The summed E-state index contributed by atoms with van der Waals surface area (Å²) in [7, 11) is 0. The summed E-state index contributed by atoms with van der Waals surface area (Å²) in [6, 6.07) is 0.288. The fourth-order valence-electron chi connectivity index (χ4n) is 2.08. The molecule has 4 nitrogen and oxygen atoms in total. The summed E-state index contributed by atoms with van der Waals surface area (Å²) in [5, 5.41) is 3.98. The predicted octanol–water partition coefficient (Wildman–Crippen LogP) is 2.68. The van der Waals surface area contributed by atoms with Crippen LogP contribution in [0.1, 0.15) is 19.8 Å². The Balaban J connectivity index is 1.92. The van der Waals surface area contributed by atoms with Gasteiger partial charge in [0.2, 0.25) is 5.28 Å². The fourth-order valence-corrected chi connectivity index (χ4v) is 2.36. The molecule has 1 atom stereocenters. The van der Waals surface area contributed by atoms with Crippen LogP contribution < -0.4 is 5.32 Å². The summed E-state index contributed by atoms with van der Waals surface area (Å²) in [6.45, 7) is 5.48. The van der Waals surface area contributed by atoms with Gasteiger partial charge in [0.15, 0.2) is 0 Å². The Kier molecular flexibility index (Phi) is 4.42. The molecule has 0 amide bonds. The van der Waals surface area contributed by atoms with Crippen LogP contribution in [-0.4, -0.2) is 40.5 Å². The van der Waals surface area contributed by atoms with Gasteiger partial charge in [-0.1, -0.05) is 11.6 Å². The van der Waals surface area contributed by atoms with Crippen LogP contribution in [0.15, 0.2) is 6.20 Å². The molecule has 17 heavy (non-hydrogen) atoms. The Hall–Kier alpha value is -0.580. The molecule has 1 aromatic heterocycles. The summed E-state index contributed by atoms with van der Waals surface area (Å²) >= 11 is 11.7. The number of nitrogens with one attached hydrogen (secondary N) is 1. The minimum Gasteiger partial charge on any atom is -0.365 e. The minimum absolute atomic E-state index is 0.213. The van der Waals surface area contributed by atoms with Crippen molar-refractivity contribution in [2.45, 2.75) is 25.8 Å². The third-order valence-corrected chi connectivity index (χ3v) is 3.29. The Morgan fingerprint density at radius 1 is 1.41 bits per heavy atom. The molecule has 0 spiro atoms. The van der Waals surface area contributed by atoms with Gasteiger partial charge in [0, 0.05) is 12.6 Å². The second-order valence-corrected chi connectivity index (χ2v) is 5.13.